The third-order valence-electron chi connectivity index (χ3n) is 3.22. The van der Waals surface area contributed by atoms with Crippen LogP contribution in [0.4, 0.5) is 0 Å². The molecule has 0 unspecified atom stereocenters. The smallest absolute Gasteiger partial charge is 0.322 e. The minimum atomic E-state index is -1.21. The van der Waals surface area contributed by atoms with Crippen molar-refractivity contribution in [3.05, 3.63) is 0 Å². The first kappa shape index (κ1) is 23.1. The standard InChI is InChI=1S/C14H27N5O5S/c1-8(16)12(22)18-9(4-2-3-5-15)14(24)19-10(7-25)13(23)17-6-11(20)21/h8-10,25H,2-7,15-16H2,1H3,(H,17,23)(H,18,22)(H,19,24)(H,20,21)/t8-,9-,10-/m0/s1. The van der Waals surface area contributed by atoms with E-state index in [1.807, 2.05) is 0 Å². The maximum absolute atomic E-state index is 12.4. The van der Waals surface area contributed by atoms with Gasteiger partial charge in [-0.1, -0.05) is 0 Å². The van der Waals surface area contributed by atoms with E-state index < -0.39 is 48.4 Å². The number of carboxylic acids is 1. The van der Waals surface area contributed by atoms with Crippen molar-refractivity contribution in [3.8, 4) is 0 Å². The summed E-state index contributed by atoms with van der Waals surface area (Å²) < 4.78 is 0. The number of nitrogens with one attached hydrogen (secondary N) is 3. The first-order valence-corrected chi connectivity index (χ1v) is 8.52. The second kappa shape index (κ2) is 12.5. The Morgan fingerprint density at radius 1 is 1.04 bits per heavy atom. The van der Waals surface area contributed by atoms with Gasteiger partial charge in [0, 0.05) is 5.75 Å². The molecule has 0 heterocycles. The summed E-state index contributed by atoms with van der Waals surface area (Å²) in [5.74, 6) is -2.99. The zero-order valence-electron chi connectivity index (χ0n) is 14.2. The van der Waals surface area contributed by atoms with Crippen molar-refractivity contribution in [1.82, 2.24) is 16.0 Å². The van der Waals surface area contributed by atoms with E-state index >= 15 is 0 Å². The van der Waals surface area contributed by atoms with Crippen molar-refractivity contribution >= 4 is 36.3 Å². The molecule has 0 saturated carbocycles. The number of aliphatic carboxylic acids is 1. The van der Waals surface area contributed by atoms with Gasteiger partial charge in [0.2, 0.25) is 17.7 Å². The van der Waals surface area contributed by atoms with Crippen LogP contribution in [0.15, 0.2) is 0 Å². The van der Waals surface area contributed by atoms with Gasteiger partial charge in [0.15, 0.2) is 0 Å². The number of nitrogens with two attached hydrogens (primary N) is 2. The highest BCUT2D eigenvalue weighted by molar-refractivity contribution is 7.80. The molecular formula is C14H27N5O5S. The lowest BCUT2D eigenvalue weighted by molar-refractivity contribution is -0.138. The molecule has 0 aromatic carbocycles. The summed E-state index contributed by atoms with van der Waals surface area (Å²) in [6.07, 6.45) is 1.61. The summed E-state index contributed by atoms with van der Waals surface area (Å²) in [5.41, 5.74) is 10.9. The SMILES string of the molecule is C[C@H](N)C(=O)N[C@@H](CCCCN)C(=O)N[C@@H](CS)C(=O)NCC(=O)O. The van der Waals surface area contributed by atoms with E-state index in [1.54, 1.807) is 0 Å². The topological polar surface area (TPSA) is 177 Å². The molecule has 0 aliphatic rings. The van der Waals surface area contributed by atoms with Crippen LogP contribution in [-0.4, -0.2) is 65.8 Å². The van der Waals surface area contributed by atoms with Crippen LogP contribution < -0.4 is 27.4 Å². The van der Waals surface area contributed by atoms with Crippen molar-refractivity contribution in [2.24, 2.45) is 11.5 Å². The second-order valence-electron chi connectivity index (χ2n) is 5.49. The number of hydrogen-bond donors (Lipinski definition) is 7. The van der Waals surface area contributed by atoms with Crippen molar-refractivity contribution in [2.75, 3.05) is 18.8 Å². The van der Waals surface area contributed by atoms with Crippen LogP contribution in [0.25, 0.3) is 0 Å². The molecule has 25 heavy (non-hydrogen) atoms. The Hall–Kier alpha value is -1.85. The molecular weight excluding hydrogens is 350 g/mol. The average molecular weight is 377 g/mol. The van der Waals surface area contributed by atoms with Gasteiger partial charge < -0.3 is 32.5 Å². The van der Waals surface area contributed by atoms with Gasteiger partial charge in [-0.3, -0.25) is 19.2 Å². The number of unbranched alkanes of at least 4 members (excludes halogenated alkanes) is 1. The Morgan fingerprint density at radius 3 is 2.12 bits per heavy atom. The van der Waals surface area contributed by atoms with Crippen LogP contribution in [0.5, 0.6) is 0 Å². The van der Waals surface area contributed by atoms with Gasteiger partial charge in [-0.2, -0.15) is 12.6 Å². The van der Waals surface area contributed by atoms with Gasteiger partial charge in [-0.15, -0.1) is 0 Å². The molecule has 3 amide bonds. The predicted molar refractivity (Wildman–Crippen MR) is 94.9 cm³/mol. The number of amides is 3. The Morgan fingerprint density at radius 2 is 1.64 bits per heavy atom. The third-order valence-corrected chi connectivity index (χ3v) is 3.59. The molecule has 0 fully saturated rings. The molecule has 10 nitrogen and oxygen atoms in total. The molecule has 0 aliphatic carbocycles. The molecule has 0 aliphatic heterocycles. The van der Waals surface area contributed by atoms with E-state index in [4.69, 9.17) is 16.6 Å². The van der Waals surface area contributed by atoms with Crippen LogP contribution >= 0.6 is 12.6 Å². The maximum Gasteiger partial charge on any atom is 0.322 e. The monoisotopic (exact) mass is 377 g/mol. The first-order chi connectivity index (χ1) is 11.7. The summed E-state index contributed by atoms with van der Waals surface area (Å²) in [5, 5.41) is 15.7. The zero-order valence-corrected chi connectivity index (χ0v) is 15.1. The molecule has 11 heteroatoms. The lowest BCUT2D eigenvalue weighted by Gasteiger charge is -2.22. The van der Waals surface area contributed by atoms with Gasteiger partial charge in [0.1, 0.15) is 18.6 Å². The fourth-order valence-electron chi connectivity index (χ4n) is 1.82. The Kier molecular flexibility index (Phi) is 11.6. The lowest BCUT2D eigenvalue weighted by Crippen LogP contribution is -2.56. The largest absolute Gasteiger partial charge is 0.480 e. The summed E-state index contributed by atoms with van der Waals surface area (Å²) in [4.78, 5) is 46.5. The fraction of sp³-hybridized carbons (Fsp3) is 0.714. The molecule has 0 aromatic heterocycles. The first-order valence-electron chi connectivity index (χ1n) is 7.89. The van der Waals surface area contributed by atoms with Gasteiger partial charge in [-0.05, 0) is 32.7 Å². The van der Waals surface area contributed by atoms with Crippen molar-refractivity contribution < 1.29 is 24.3 Å². The average Bonchev–Trinajstić information content (AvgIpc) is 2.56. The number of hydrogen-bond acceptors (Lipinski definition) is 7. The van der Waals surface area contributed by atoms with Crippen LogP contribution in [0, 0.1) is 0 Å². The zero-order chi connectivity index (χ0) is 19.4. The van der Waals surface area contributed by atoms with E-state index in [2.05, 4.69) is 28.6 Å². The van der Waals surface area contributed by atoms with Crippen LogP contribution in [0.1, 0.15) is 26.2 Å². The normalized spacial score (nSPS) is 14.1. The fourth-order valence-corrected chi connectivity index (χ4v) is 2.07. The highest BCUT2D eigenvalue weighted by Crippen LogP contribution is 2.03. The quantitative estimate of drug-likeness (QED) is 0.146. The van der Waals surface area contributed by atoms with Crippen LogP contribution in [0.2, 0.25) is 0 Å². The highest BCUT2D eigenvalue weighted by Gasteiger charge is 2.26. The van der Waals surface area contributed by atoms with Crippen molar-refractivity contribution in [3.63, 3.8) is 0 Å². The summed E-state index contributed by atoms with van der Waals surface area (Å²) in [7, 11) is 0. The minimum Gasteiger partial charge on any atom is -0.480 e. The summed E-state index contributed by atoms with van der Waals surface area (Å²) >= 11 is 3.98. The summed E-state index contributed by atoms with van der Waals surface area (Å²) in [6, 6.07) is -2.69. The van der Waals surface area contributed by atoms with Gasteiger partial charge in [-0.25, -0.2) is 0 Å². The molecule has 0 spiro atoms. The molecule has 0 rings (SSSR count). The maximum atomic E-state index is 12.4. The van der Waals surface area contributed by atoms with Crippen LogP contribution in [0.3, 0.4) is 0 Å². The molecule has 0 bridgehead atoms. The Bertz CT molecular complexity index is 475. The van der Waals surface area contributed by atoms with Crippen molar-refractivity contribution in [1.29, 1.82) is 0 Å². The van der Waals surface area contributed by atoms with E-state index in [-0.39, 0.29) is 5.75 Å². The van der Waals surface area contributed by atoms with E-state index in [0.717, 1.165) is 0 Å². The number of carbonyl (C=O) groups excluding carboxylic acids is 3. The molecule has 144 valence electrons. The lowest BCUT2D eigenvalue weighted by atomic mass is 10.1. The van der Waals surface area contributed by atoms with Gasteiger partial charge in [0.25, 0.3) is 0 Å². The van der Waals surface area contributed by atoms with Gasteiger partial charge in [0.05, 0.1) is 6.04 Å². The highest BCUT2D eigenvalue weighted by atomic mass is 32.1. The van der Waals surface area contributed by atoms with E-state index in [1.165, 1.54) is 6.92 Å². The molecule has 0 saturated heterocycles. The van der Waals surface area contributed by atoms with Gasteiger partial charge >= 0.3 is 5.97 Å². The Balaban J connectivity index is 4.85. The number of rotatable bonds is 12. The number of carboxylic acid groups (broad SMARTS) is 1. The van der Waals surface area contributed by atoms with Crippen LogP contribution in [-0.2, 0) is 19.2 Å². The third kappa shape index (κ3) is 9.89. The molecule has 3 atom stereocenters. The number of thiol groups is 1. The van der Waals surface area contributed by atoms with Crippen molar-refractivity contribution in [2.45, 2.75) is 44.3 Å². The summed E-state index contributed by atoms with van der Waals surface area (Å²) in [6.45, 7) is 1.37. The molecule has 0 aromatic rings. The predicted octanol–water partition coefficient (Wildman–Crippen LogP) is -2.44. The number of carbonyl (C=O) groups is 4. The minimum absolute atomic E-state index is 0.0338. The second-order valence-corrected chi connectivity index (χ2v) is 5.85. The molecule has 0 radical (unpaired) electrons. The molecule has 8 N–H and O–H groups in total. The Labute approximate surface area is 151 Å². The van der Waals surface area contributed by atoms with E-state index in [9.17, 15) is 19.2 Å². The van der Waals surface area contributed by atoms with E-state index in [0.29, 0.717) is 25.8 Å².